The number of nitrogens with zero attached hydrogens (tertiary/aromatic N) is 1. The molecule has 3 N–H and O–H groups in total. The van der Waals surface area contributed by atoms with E-state index in [1.165, 1.54) is 0 Å². The normalized spacial score (nSPS) is 22.1. The second kappa shape index (κ2) is 12.8. The maximum atomic E-state index is 13.6. The van der Waals surface area contributed by atoms with Crippen LogP contribution in [0.5, 0.6) is 5.75 Å². The van der Waals surface area contributed by atoms with Crippen molar-refractivity contribution in [3.8, 4) is 5.75 Å². The Labute approximate surface area is 250 Å². The van der Waals surface area contributed by atoms with Gasteiger partial charge in [-0.2, -0.15) is 26.3 Å². The molecule has 44 heavy (non-hydrogen) atoms. The number of alkyl halides is 6. The molecule has 1 aliphatic heterocycles. The zero-order chi connectivity index (χ0) is 32.6. The number of anilines is 1. The van der Waals surface area contributed by atoms with Crippen molar-refractivity contribution >= 4 is 23.6 Å². The summed E-state index contributed by atoms with van der Waals surface area (Å²) in [7, 11) is 0. The molecule has 238 valence electrons. The van der Waals surface area contributed by atoms with Gasteiger partial charge in [0.25, 0.3) is 0 Å². The van der Waals surface area contributed by atoms with Crippen LogP contribution in [0.25, 0.3) is 6.08 Å². The topological polar surface area (TPSA) is 98.1 Å². The van der Waals surface area contributed by atoms with E-state index >= 15 is 0 Å². The fraction of sp³-hybridized carbons (Fsp3) is 0.438. The first kappa shape index (κ1) is 33.3. The molecule has 0 aromatic heterocycles. The van der Waals surface area contributed by atoms with Gasteiger partial charge in [0, 0.05) is 5.92 Å². The van der Waals surface area contributed by atoms with Crippen LogP contribution in [0.1, 0.15) is 62.6 Å². The fourth-order valence-corrected chi connectivity index (χ4v) is 6.26. The van der Waals surface area contributed by atoms with Crippen LogP contribution in [-0.4, -0.2) is 39.8 Å². The number of imide groups is 1. The number of allylic oxidation sites excluding steroid dienone is 2. The van der Waals surface area contributed by atoms with E-state index < -0.39 is 71.4 Å². The first-order chi connectivity index (χ1) is 20.6. The van der Waals surface area contributed by atoms with Crippen LogP contribution in [-0.2, 0) is 21.9 Å². The molecule has 12 heteroatoms. The van der Waals surface area contributed by atoms with Gasteiger partial charge in [0.1, 0.15) is 5.75 Å². The highest BCUT2D eigenvalue weighted by Gasteiger charge is 2.55. The highest BCUT2D eigenvalue weighted by molar-refractivity contribution is 6.22. The number of phenols is 1. The van der Waals surface area contributed by atoms with E-state index in [9.17, 15) is 51.3 Å². The molecule has 6 nitrogen and oxygen atoms in total. The Morgan fingerprint density at radius 3 is 2.07 bits per heavy atom. The van der Waals surface area contributed by atoms with Gasteiger partial charge in [0.05, 0.1) is 41.4 Å². The number of fused-ring (bicyclic) bond motifs is 1. The van der Waals surface area contributed by atoms with Gasteiger partial charge in [0.15, 0.2) is 0 Å². The molecule has 1 saturated heterocycles. The summed E-state index contributed by atoms with van der Waals surface area (Å²) in [6.45, 7) is 3.04. The summed E-state index contributed by atoms with van der Waals surface area (Å²) in [6, 6.07) is 7.16. The van der Waals surface area contributed by atoms with Crippen LogP contribution in [0.4, 0.5) is 32.0 Å². The third-order valence-corrected chi connectivity index (χ3v) is 8.45. The molecule has 0 spiro atoms. The van der Waals surface area contributed by atoms with Crippen molar-refractivity contribution in [2.75, 3.05) is 11.5 Å². The van der Waals surface area contributed by atoms with Crippen molar-refractivity contribution in [2.24, 2.45) is 17.8 Å². The minimum absolute atomic E-state index is 0.0276. The van der Waals surface area contributed by atoms with Crippen LogP contribution in [0.2, 0.25) is 0 Å². The number of hydrogen-bond acceptors (Lipinski definition) is 5. The maximum Gasteiger partial charge on any atom is 0.416 e. The van der Waals surface area contributed by atoms with E-state index in [4.69, 9.17) is 0 Å². The average Bonchev–Trinajstić information content (AvgIpc) is 3.22. The number of aromatic hydroxyl groups is 1. The number of carbonyl (C=O) groups excluding carboxylic acids is 2. The number of amides is 2. The third kappa shape index (κ3) is 6.71. The van der Waals surface area contributed by atoms with Crippen molar-refractivity contribution in [3.05, 3.63) is 75.9 Å². The average molecular weight is 626 g/mol. The smallest absolute Gasteiger partial charge is 0.416 e. The molecule has 0 radical (unpaired) electrons. The summed E-state index contributed by atoms with van der Waals surface area (Å²) in [5.74, 6) is -5.29. The summed E-state index contributed by atoms with van der Waals surface area (Å²) >= 11 is 0. The molecular formula is C32H33F6NO5. The highest BCUT2D eigenvalue weighted by Crippen LogP contribution is 2.49. The lowest BCUT2D eigenvalue weighted by molar-refractivity contribution is -0.143. The predicted molar refractivity (Wildman–Crippen MR) is 150 cm³/mol. The summed E-state index contributed by atoms with van der Waals surface area (Å²) in [5, 5.41) is 31.3. The molecule has 1 heterocycles. The van der Waals surface area contributed by atoms with E-state index in [-0.39, 0.29) is 24.7 Å². The number of rotatable bonds is 9. The van der Waals surface area contributed by atoms with Gasteiger partial charge in [-0.25, -0.2) is 4.90 Å². The highest BCUT2D eigenvalue weighted by atomic mass is 19.4. The number of aliphatic hydroxyl groups excluding tert-OH is 2. The molecule has 2 aliphatic rings. The van der Waals surface area contributed by atoms with E-state index in [0.29, 0.717) is 47.4 Å². The van der Waals surface area contributed by atoms with Gasteiger partial charge in [-0.3, -0.25) is 9.59 Å². The number of phenolic OH excluding ortho intramolecular Hbond substituents is 1. The SMILES string of the molecule is CCC1=C([C@H](O)CC/C(=C/c2ccc(O)cc2)CC)[C@H](CO)[C@@H]2C(=O)N(c3cc(C(F)(F)F)cc(C(F)(F)F)c3)C(=O)[C@@H]2C1. The maximum absolute atomic E-state index is 13.6. The number of hydrogen-bond donors (Lipinski definition) is 3. The number of halogens is 6. The zero-order valence-corrected chi connectivity index (χ0v) is 24.0. The van der Waals surface area contributed by atoms with E-state index in [0.717, 1.165) is 11.1 Å². The lowest BCUT2D eigenvalue weighted by Crippen LogP contribution is -2.39. The summed E-state index contributed by atoms with van der Waals surface area (Å²) in [6.07, 6.45) is -7.94. The Hall–Kier alpha value is -3.64. The first-order valence-corrected chi connectivity index (χ1v) is 14.3. The second-order valence-electron chi connectivity index (χ2n) is 11.1. The number of benzene rings is 2. The number of carbonyl (C=O) groups is 2. The molecule has 0 unspecified atom stereocenters. The Kier molecular flexibility index (Phi) is 9.65. The lowest BCUT2D eigenvalue weighted by Gasteiger charge is -2.36. The van der Waals surface area contributed by atoms with Gasteiger partial charge in [0.2, 0.25) is 11.8 Å². The molecule has 4 rings (SSSR count). The van der Waals surface area contributed by atoms with Gasteiger partial charge in [-0.1, -0.05) is 43.2 Å². The Morgan fingerprint density at radius 1 is 0.977 bits per heavy atom. The van der Waals surface area contributed by atoms with E-state index in [1.807, 2.05) is 13.0 Å². The molecule has 1 fully saturated rings. The predicted octanol–water partition coefficient (Wildman–Crippen LogP) is 6.89. The van der Waals surface area contributed by atoms with Crippen molar-refractivity contribution in [3.63, 3.8) is 0 Å². The van der Waals surface area contributed by atoms with Crippen LogP contribution < -0.4 is 4.90 Å². The standard InChI is InChI=1S/C32H33F6NO5/c1-3-17(11-18-5-8-23(41)9-6-18)7-10-26(42)27-19(4-2)12-24-28(25(27)16-40)30(44)39(29(24)43)22-14-20(31(33,34)35)13-21(15-22)32(36,37)38/h5-6,8-9,11,13-15,24-26,28,40-42H,3-4,7,10,12,16H2,1-2H3/b17-11+/t24-,25+,26-,28-/m1/s1. The van der Waals surface area contributed by atoms with Gasteiger partial charge >= 0.3 is 12.4 Å². The first-order valence-electron chi connectivity index (χ1n) is 14.3. The molecule has 0 bridgehead atoms. The lowest BCUT2D eigenvalue weighted by atomic mass is 9.67. The van der Waals surface area contributed by atoms with Crippen LogP contribution in [0.15, 0.2) is 59.2 Å². The number of aliphatic hydroxyl groups is 2. The molecule has 2 amide bonds. The molecule has 1 aliphatic carbocycles. The molecule has 2 aromatic rings. The van der Waals surface area contributed by atoms with Crippen molar-refractivity contribution < 1.29 is 51.3 Å². The van der Waals surface area contributed by atoms with Crippen molar-refractivity contribution in [2.45, 2.75) is 64.4 Å². The molecule has 2 aromatic carbocycles. The van der Waals surface area contributed by atoms with Crippen LogP contribution in [0.3, 0.4) is 0 Å². The monoisotopic (exact) mass is 625 g/mol. The van der Waals surface area contributed by atoms with Crippen molar-refractivity contribution in [1.29, 1.82) is 0 Å². The molecular weight excluding hydrogens is 592 g/mol. The molecule has 0 saturated carbocycles. The Balaban J connectivity index is 1.65. The third-order valence-electron chi connectivity index (χ3n) is 8.45. The summed E-state index contributed by atoms with van der Waals surface area (Å²) in [4.78, 5) is 27.5. The minimum atomic E-state index is -5.18. The van der Waals surface area contributed by atoms with E-state index in [2.05, 4.69) is 0 Å². The molecule has 4 atom stereocenters. The quantitative estimate of drug-likeness (QED) is 0.160. The second-order valence-corrected chi connectivity index (χ2v) is 11.1. The van der Waals surface area contributed by atoms with E-state index in [1.54, 1.807) is 31.2 Å². The zero-order valence-electron chi connectivity index (χ0n) is 24.0. The van der Waals surface area contributed by atoms with Crippen LogP contribution in [0, 0.1) is 17.8 Å². The van der Waals surface area contributed by atoms with Gasteiger partial charge in [-0.05, 0) is 73.6 Å². The van der Waals surface area contributed by atoms with Crippen LogP contribution >= 0.6 is 0 Å². The minimum Gasteiger partial charge on any atom is -0.508 e. The fourth-order valence-electron chi connectivity index (χ4n) is 6.26. The Bertz CT molecular complexity index is 1430. The van der Waals surface area contributed by atoms with Crippen molar-refractivity contribution in [1.82, 2.24) is 0 Å². The summed E-state index contributed by atoms with van der Waals surface area (Å²) < 4.78 is 81.1. The van der Waals surface area contributed by atoms with Gasteiger partial charge < -0.3 is 15.3 Å². The Morgan fingerprint density at radius 2 is 1.57 bits per heavy atom. The summed E-state index contributed by atoms with van der Waals surface area (Å²) in [5.41, 5.74) is -1.36. The largest absolute Gasteiger partial charge is 0.508 e. The van der Waals surface area contributed by atoms with Gasteiger partial charge in [-0.15, -0.1) is 0 Å².